The van der Waals surface area contributed by atoms with E-state index in [1.54, 1.807) is 0 Å². The summed E-state index contributed by atoms with van der Waals surface area (Å²) in [6.45, 7) is 2.84. The van der Waals surface area contributed by atoms with Crippen molar-refractivity contribution in [1.82, 2.24) is 0 Å². The third-order valence-electron chi connectivity index (χ3n) is 2.38. The van der Waals surface area contributed by atoms with Gasteiger partial charge in [-0.25, -0.2) is 4.39 Å². The summed E-state index contributed by atoms with van der Waals surface area (Å²) in [7, 11) is 0. The Bertz CT molecular complexity index is 488. The number of hydrogen-bond acceptors (Lipinski definition) is 2. The fourth-order valence-electron chi connectivity index (χ4n) is 1.26. The molecule has 1 amide bonds. The van der Waals surface area contributed by atoms with Crippen LogP contribution in [0.5, 0.6) is 0 Å². The van der Waals surface area contributed by atoms with Gasteiger partial charge in [0.15, 0.2) is 0 Å². The van der Waals surface area contributed by atoms with Gasteiger partial charge in [-0.1, -0.05) is 11.6 Å². The summed E-state index contributed by atoms with van der Waals surface area (Å²) in [6, 6.07) is 3.75. The molecule has 4 nitrogen and oxygen atoms in total. The van der Waals surface area contributed by atoms with Crippen molar-refractivity contribution >= 4 is 29.2 Å². The number of rotatable bonds is 4. The SMILES string of the molecule is CC(C)(CC(=O)Nc1cc(Cl)ccc1F)C(=O)O. The molecule has 0 unspecified atom stereocenters. The molecule has 0 atom stereocenters. The Morgan fingerprint density at radius 2 is 2.06 bits per heavy atom. The third kappa shape index (κ3) is 3.70. The molecule has 0 spiro atoms. The quantitative estimate of drug-likeness (QED) is 0.886. The van der Waals surface area contributed by atoms with E-state index in [9.17, 15) is 14.0 Å². The molecule has 0 aromatic heterocycles. The van der Waals surface area contributed by atoms with Crippen LogP contribution in [0.4, 0.5) is 10.1 Å². The van der Waals surface area contributed by atoms with Crippen LogP contribution in [0.1, 0.15) is 20.3 Å². The summed E-state index contributed by atoms with van der Waals surface area (Å²) in [5.74, 6) is -2.30. The number of carbonyl (C=O) groups excluding carboxylic acids is 1. The summed E-state index contributed by atoms with van der Waals surface area (Å²) in [4.78, 5) is 22.5. The normalized spacial score (nSPS) is 11.1. The number of anilines is 1. The van der Waals surface area contributed by atoms with Crippen LogP contribution in [0.3, 0.4) is 0 Å². The van der Waals surface area contributed by atoms with Gasteiger partial charge in [-0.15, -0.1) is 0 Å². The minimum absolute atomic E-state index is 0.0614. The first-order valence-electron chi connectivity index (χ1n) is 5.20. The van der Waals surface area contributed by atoms with Crippen molar-refractivity contribution in [1.29, 1.82) is 0 Å². The van der Waals surface area contributed by atoms with Gasteiger partial charge in [-0.05, 0) is 32.0 Å². The maximum Gasteiger partial charge on any atom is 0.309 e. The van der Waals surface area contributed by atoms with Gasteiger partial charge in [0.25, 0.3) is 0 Å². The zero-order valence-electron chi connectivity index (χ0n) is 9.96. The summed E-state index contributed by atoms with van der Waals surface area (Å²) < 4.78 is 13.3. The van der Waals surface area contributed by atoms with Crippen LogP contribution < -0.4 is 5.32 Å². The van der Waals surface area contributed by atoms with Gasteiger partial charge in [0.2, 0.25) is 5.91 Å². The van der Waals surface area contributed by atoms with Crippen molar-refractivity contribution in [3.05, 3.63) is 29.0 Å². The molecule has 0 saturated heterocycles. The smallest absolute Gasteiger partial charge is 0.309 e. The van der Waals surface area contributed by atoms with Crippen LogP contribution in [0.25, 0.3) is 0 Å². The average Bonchev–Trinajstić information content (AvgIpc) is 2.22. The van der Waals surface area contributed by atoms with E-state index in [0.717, 1.165) is 6.07 Å². The highest BCUT2D eigenvalue weighted by Crippen LogP contribution is 2.23. The molecule has 0 radical (unpaired) electrons. The largest absolute Gasteiger partial charge is 0.481 e. The highest BCUT2D eigenvalue weighted by atomic mass is 35.5. The van der Waals surface area contributed by atoms with Gasteiger partial charge >= 0.3 is 5.97 Å². The lowest BCUT2D eigenvalue weighted by molar-refractivity contribution is -0.148. The molecule has 0 bridgehead atoms. The lowest BCUT2D eigenvalue weighted by atomic mass is 9.89. The van der Waals surface area contributed by atoms with Crippen molar-refractivity contribution in [2.45, 2.75) is 20.3 Å². The highest BCUT2D eigenvalue weighted by molar-refractivity contribution is 6.30. The van der Waals surface area contributed by atoms with Crippen molar-refractivity contribution in [2.75, 3.05) is 5.32 Å². The zero-order chi connectivity index (χ0) is 13.9. The number of nitrogens with one attached hydrogen (secondary N) is 1. The number of benzene rings is 1. The van der Waals surface area contributed by atoms with E-state index in [1.807, 2.05) is 0 Å². The fourth-order valence-corrected chi connectivity index (χ4v) is 1.44. The van der Waals surface area contributed by atoms with E-state index in [2.05, 4.69) is 5.32 Å². The molecule has 98 valence electrons. The zero-order valence-corrected chi connectivity index (χ0v) is 10.7. The van der Waals surface area contributed by atoms with E-state index in [1.165, 1.54) is 26.0 Å². The average molecular weight is 274 g/mol. The Balaban J connectivity index is 2.77. The van der Waals surface area contributed by atoms with Gasteiger partial charge < -0.3 is 10.4 Å². The van der Waals surface area contributed by atoms with E-state index in [4.69, 9.17) is 16.7 Å². The topological polar surface area (TPSA) is 66.4 Å². The molecule has 1 rings (SSSR count). The Morgan fingerprint density at radius 1 is 1.44 bits per heavy atom. The predicted molar refractivity (Wildman–Crippen MR) is 66.1 cm³/mol. The van der Waals surface area contributed by atoms with Gasteiger partial charge in [-0.2, -0.15) is 0 Å². The van der Waals surface area contributed by atoms with Crippen LogP contribution in [0.15, 0.2) is 18.2 Å². The van der Waals surface area contributed by atoms with Crippen LogP contribution in [-0.4, -0.2) is 17.0 Å². The first-order chi connectivity index (χ1) is 8.22. The lowest BCUT2D eigenvalue weighted by Crippen LogP contribution is -2.29. The predicted octanol–water partition coefficient (Wildman–Crippen LogP) is 2.92. The monoisotopic (exact) mass is 273 g/mol. The molecule has 0 saturated carbocycles. The van der Waals surface area contributed by atoms with Gasteiger partial charge in [0.05, 0.1) is 11.1 Å². The van der Waals surface area contributed by atoms with Crippen molar-refractivity contribution < 1.29 is 19.1 Å². The van der Waals surface area contributed by atoms with Crippen molar-refractivity contribution in [2.24, 2.45) is 5.41 Å². The number of carboxylic acid groups (broad SMARTS) is 1. The molecule has 0 fully saturated rings. The van der Waals surface area contributed by atoms with Crippen LogP contribution in [-0.2, 0) is 9.59 Å². The molecule has 6 heteroatoms. The number of hydrogen-bond donors (Lipinski definition) is 2. The Morgan fingerprint density at radius 3 is 2.61 bits per heavy atom. The number of carboxylic acids is 1. The van der Waals surface area contributed by atoms with Crippen LogP contribution in [0, 0.1) is 11.2 Å². The van der Waals surface area contributed by atoms with Gasteiger partial charge in [0.1, 0.15) is 5.82 Å². The van der Waals surface area contributed by atoms with Gasteiger partial charge in [0, 0.05) is 11.4 Å². The minimum atomic E-state index is -1.21. The van der Waals surface area contributed by atoms with E-state index in [-0.39, 0.29) is 17.1 Å². The molecule has 0 aliphatic heterocycles. The standard InChI is InChI=1S/C12H13ClFNO3/c1-12(2,11(17)18)6-10(16)15-9-5-7(13)3-4-8(9)14/h3-5H,6H2,1-2H3,(H,15,16)(H,17,18). The van der Waals surface area contributed by atoms with E-state index >= 15 is 0 Å². The van der Waals surface area contributed by atoms with Gasteiger partial charge in [-0.3, -0.25) is 9.59 Å². The van der Waals surface area contributed by atoms with Crippen molar-refractivity contribution in [3.63, 3.8) is 0 Å². The summed E-state index contributed by atoms with van der Waals surface area (Å²) in [5.41, 5.74) is -1.27. The first kappa shape index (κ1) is 14.4. The molecule has 0 aliphatic carbocycles. The Labute approximate surface area is 109 Å². The first-order valence-corrected chi connectivity index (χ1v) is 5.58. The summed E-state index contributed by atoms with van der Waals surface area (Å²) in [5, 5.41) is 11.5. The van der Waals surface area contributed by atoms with Crippen LogP contribution >= 0.6 is 11.6 Å². The second kappa shape index (κ2) is 5.35. The highest BCUT2D eigenvalue weighted by Gasteiger charge is 2.30. The molecule has 18 heavy (non-hydrogen) atoms. The molecule has 2 N–H and O–H groups in total. The number of halogens is 2. The number of amides is 1. The van der Waals surface area contributed by atoms with E-state index in [0.29, 0.717) is 0 Å². The maximum atomic E-state index is 13.3. The Hall–Kier alpha value is -1.62. The number of carbonyl (C=O) groups is 2. The molecular weight excluding hydrogens is 261 g/mol. The molecule has 1 aromatic rings. The van der Waals surface area contributed by atoms with Crippen molar-refractivity contribution in [3.8, 4) is 0 Å². The molecule has 0 heterocycles. The second-order valence-corrected chi connectivity index (χ2v) is 4.97. The molecule has 0 aliphatic rings. The van der Waals surface area contributed by atoms with E-state index < -0.39 is 23.1 Å². The Kier molecular flexibility index (Phi) is 4.29. The molecular formula is C12H13ClFNO3. The number of aliphatic carboxylic acids is 1. The fraction of sp³-hybridized carbons (Fsp3) is 0.333. The van der Waals surface area contributed by atoms with Crippen LogP contribution in [0.2, 0.25) is 5.02 Å². The maximum absolute atomic E-state index is 13.3. The molecule has 1 aromatic carbocycles. The lowest BCUT2D eigenvalue weighted by Gasteiger charge is -2.18. The third-order valence-corrected chi connectivity index (χ3v) is 2.62. The second-order valence-electron chi connectivity index (χ2n) is 4.54. The summed E-state index contributed by atoms with van der Waals surface area (Å²) >= 11 is 5.67. The minimum Gasteiger partial charge on any atom is -0.481 e. The summed E-state index contributed by atoms with van der Waals surface area (Å²) in [6.07, 6.45) is -0.256.